The normalized spacial score (nSPS) is 21.3. The molecule has 0 spiro atoms. The summed E-state index contributed by atoms with van der Waals surface area (Å²) >= 11 is 0. The van der Waals surface area contributed by atoms with Gasteiger partial charge in [0.1, 0.15) is 11.6 Å². The van der Waals surface area contributed by atoms with Crippen LogP contribution in [0.2, 0.25) is 0 Å². The Morgan fingerprint density at radius 2 is 1.85 bits per heavy atom. The van der Waals surface area contributed by atoms with E-state index in [0.29, 0.717) is 23.9 Å². The molecule has 1 aliphatic carbocycles. The number of rotatable bonds is 6. The summed E-state index contributed by atoms with van der Waals surface area (Å²) in [5, 5.41) is 8.43. The van der Waals surface area contributed by atoms with Gasteiger partial charge in [0.05, 0.1) is 17.7 Å². The molecule has 140 valence electrons. The van der Waals surface area contributed by atoms with Gasteiger partial charge < -0.3 is 10.1 Å². The van der Waals surface area contributed by atoms with Crippen molar-refractivity contribution in [2.24, 2.45) is 16.5 Å². The maximum absolute atomic E-state index is 13.5. The average molecular weight is 378 g/mol. The number of anilines is 1. The number of benzene rings is 2. The van der Waals surface area contributed by atoms with E-state index in [9.17, 15) is 12.8 Å². The van der Waals surface area contributed by atoms with Crippen LogP contribution in [0.1, 0.15) is 25.3 Å². The van der Waals surface area contributed by atoms with Gasteiger partial charge in [-0.15, -0.1) is 0 Å². The Balaban J connectivity index is 1.73. The van der Waals surface area contributed by atoms with Crippen LogP contribution in [0.25, 0.3) is 0 Å². The van der Waals surface area contributed by atoms with Crippen LogP contribution in [0.5, 0.6) is 5.75 Å². The molecule has 2 unspecified atom stereocenters. The van der Waals surface area contributed by atoms with Gasteiger partial charge in [0.2, 0.25) is 10.0 Å². The number of hydrogen-bond donors (Lipinski definition) is 2. The van der Waals surface area contributed by atoms with E-state index in [0.717, 1.165) is 5.56 Å². The smallest absolute Gasteiger partial charge is 0.238 e. The molecule has 1 fully saturated rings. The molecule has 3 rings (SSSR count). The third kappa shape index (κ3) is 3.54. The Kier molecular flexibility index (Phi) is 4.71. The summed E-state index contributed by atoms with van der Waals surface area (Å²) in [4.78, 5) is 0.110. The zero-order chi connectivity index (χ0) is 19.1. The molecule has 7 heteroatoms. The van der Waals surface area contributed by atoms with Crippen LogP contribution in [0.3, 0.4) is 0 Å². The van der Waals surface area contributed by atoms with Crippen molar-refractivity contribution in [2.45, 2.75) is 24.7 Å². The maximum Gasteiger partial charge on any atom is 0.238 e. The summed E-state index contributed by atoms with van der Waals surface area (Å²) in [5.74, 6) is 0.886. The summed E-state index contributed by atoms with van der Waals surface area (Å²) in [7, 11) is -2.14. The molecule has 0 aliphatic heterocycles. The Labute approximate surface area is 153 Å². The first-order valence-electron chi connectivity index (χ1n) is 8.35. The lowest BCUT2D eigenvalue weighted by Crippen LogP contribution is -2.11. The molecule has 0 amide bonds. The summed E-state index contributed by atoms with van der Waals surface area (Å²) < 4.78 is 41.5. The highest BCUT2D eigenvalue weighted by Gasteiger charge is 2.57. The third-order valence-corrected chi connectivity index (χ3v) is 6.22. The highest BCUT2D eigenvalue weighted by molar-refractivity contribution is 7.89. The van der Waals surface area contributed by atoms with Crippen molar-refractivity contribution in [1.82, 2.24) is 0 Å². The quantitative estimate of drug-likeness (QED) is 0.808. The van der Waals surface area contributed by atoms with Crippen LogP contribution < -0.4 is 15.2 Å². The average Bonchev–Trinajstić information content (AvgIpc) is 3.13. The number of sulfonamides is 1. The lowest BCUT2D eigenvalue weighted by atomic mass is 10.0. The van der Waals surface area contributed by atoms with E-state index in [1.165, 1.54) is 12.1 Å². The number of halogens is 1. The predicted octanol–water partition coefficient (Wildman–Crippen LogP) is 3.33. The molecule has 3 N–H and O–H groups in total. The molecule has 2 aromatic rings. The van der Waals surface area contributed by atoms with Crippen LogP contribution in [-0.2, 0) is 10.0 Å². The highest BCUT2D eigenvalue weighted by Crippen LogP contribution is 2.64. The van der Waals surface area contributed by atoms with Gasteiger partial charge in [-0.3, -0.25) is 0 Å². The largest absolute Gasteiger partial charge is 0.495 e. The minimum absolute atomic E-state index is 0.0522. The number of nitrogens with one attached hydrogen (secondary N) is 1. The molecule has 0 heterocycles. The molecule has 5 nitrogen and oxygen atoms in total. The summed E-state index contributed by atoms with van der Waals surface area (Å²) in [6.07, 6.45) is 0. The molecule has 2 aromatic carbocycles. The SMILES string of the molecule is COc1ccc(F)cc1NCC1C(c2ccc(S(N)(=O)=O)cc2)C1(C)C. The number of nitrogens with two attached hydrogens (primary N) is 1. The van der Waals surface area contributed by atoms with Crippen molar-refractivity contribution < 1.29 is 17.5 Å². The van der Waals surface area contributed by atoms with Gasteiger partial charge in [-0.1, -0.05) is 26.0 Å². The number of hydrogen-bond acceptors (Lipinski definition) is 4. The number of methoxy groups -OCH3 is 1. The molecule has 2 atom stereocenters. The first-order valence-corrected chi connectivity index (χ1v) is 9.89. The number of primary sulfonamides is 1. The Morgan fingerprint density at radius 1 is 1.19 bits per heavy atom. The van der Waals surface area contributed by atoms with E-state index < -0.39 is 10.0 Å². The lowest BCUT2D eigenvalue weighted by Gasteiger charge is -2.11. The third-order valence-electron chi connectivity index (χ3n) is 5.29. The van der Waals surface area contributed by atoms with Crippen molar-refractivity contribution in [1.29, 1.82) is 0 Å². The van der Waals surface area contributed by atoms with Gasteiger partial charge in [0.25, 0.3) is 0 Å². The van der Waals surface area contributed by atoms with Crippen molar-refractivity contribution in [3.8, 4) is 5.75 Å². The van der Waals surface area contributed by atoms with E-state index >= 15 is 0 Å². The van der Waals surface area contributed by atoms with Gasteiger partial charge in [0.15, 0.2) is 0 Å². The predicted molar refractivity (Wildman–Crippen MR) is 99.3 cm³/mol. The fourth-order valence-electron chi connectivity index (χ4n) is 3.69. The fourth-order valence-corrected chi connectivity index (χ4v) is 4.21. The van der Waals surface area contributed by atoms with Crippen LogP contribution in [0.4, 0.5) is 10.1 Å². The lowest BCUT2D eigenvalue weighted by molar-refractivity contribution is 0.415. The summed E-state index contributed by atoms with van der Waals surface area (Å²) in [6, 6.07) is 11.1. The van der Waals surface area contributed by atoms with E-state index in [2.05, 4.69) is 19.2 Å². The molecule has 26 heavy (non-hydrogen) atoms. The summed E-state index contributed by atoms with van der Waals surface area (Å²) in [5.41, 5.74) is 1.75. The minimum Gasteiger partial charge on any atom is -0.495 e. The van der Waals surface area contributed by atoms with Crippen molar-refractivity contribution >= 4 is 15.7 Å². The standard InChI is InChI=1S/C19H23FN2O3S/c1-19(2)15(11-22-16-10-13(20)6-9-17(16)25-3)18(19)12-4-7-14(8-5-12)26(21,23)24/h4-10,15,18,22H,11H2,1-3H3,(H2,21,23,24). The van der Waals surface area contributed by atoms with E-state index in [4.69, 9.17) is 9.88 Å². The molecular weight excluding hydrogens is 355 g/mol. The van der Waals surface area contributed by atoms with Crippen molar-refractivity contribution in [2.75, 3.05) is 19.0 Å². The minimum atomic E-state index is -3.69. The second-order valence-corrected chi connectivity index (χ2v) is 8.81. The Bertz CT molecular complexity index is 911. The van der Waals surface area contributed by atoms with Crippen LogP contribution >= 0.6 is 0 Å². The van der Waals surface area contributed by atoms with E-state index in [1.807, 2.05) is 12.1 Å². The maximum atomic E-state index is 13.5. The molecule has 1 saturated carbocycles. The monoisotopic (exact) mass is 378 g/mol. The second-order valence-electron chi connectivity index (χ2n) is 7.25. The molecular formula is C19H23FN2O3S. The van der Waals surface area contributed by atoms with Crippen LogP contribution in [0, 0.1) is 17.2 Å². The van der Waals surface area contributed by atoms with E-state index in [-0.39, 0.29) is 22.0 Å². The first kappa shape index (κ1) is 18.7. The topological polar surface area (TPSA) is 81.4 Å². The zero-order valence-electron chi connectivity index (χ0n) is 15.0. The molecule has 1 aliphatic rings. The van der Waals surface area contributed by atoms with Crippen LogP contribution in [-0.4, -0.2) is 22.1 Å². The molecule has 0 saturated heterocycles. The highest BCUT2D eigenvalue weighted by atomic mass is 32.2. The number of ether oxygens (including phenoxy) is 1. The van der Waals surface area contributed by atoms with Crippen molar-refractivity contribution in [3.63, 3.8) is 0 Å². The van der Waals surface area contributed by atoms with Gasteiger partial charge in [0, 0.05) is 12.6 Å². The van der Waals surface area contributed by atoms with Gasteiger partial charge in [-0.2, -0.15) is 0 Å². The molecule has 0 radical (unpaired) electrons. The Morgan fingerprint density at radius 3 is 2.42 bits per heavy atom. The van der Waals surface area contributed by atoms with Gasteiger partial charge in [-0.25, -0.2) is 17.9 Å². The first-order chi connectivity index (χ1) is 12.1. The Hall–Kier alpha value is -2.12. The van der Waals surface area contributed by atoms with Crippen LogP contribution in [0.15, 0.2) is 47.4 Å². The molecule has 0 aromatic heterocycles. The fraction of sp³-hybridized carbons (Fsp3) is 0.368. The van der Waals surface area contributed by atoms with Gasteiger partial charge >= 0.3 is 0 Å². The van der Waals surface area contributed by atoms with Crippen molar-refractivity contribution in [3.05, 3.63) is 53.8 Å². The second kappa shape index (κ2) is 6.55. The molecule has 0 bridgehead atoms. The summed E-state index contributed by atoms with van der Waals surface area (Å²) in [6.45, 7) is 5.00. The van der Waals surface area contributed by atoms with E-state index in [1.54, 1.807) is 25.3 Å². The zero-order valence-corrected chi connectivity index (χ0v) is 15.8. The van der Waals surface area contributed by atoms with Gasteiger partial charge in [-0.05, 0) is 47.1 Å².